The van der Waals surface area contributed by atoms with Crippen molar-refractivity contribution in [1.82, 2.24) is 0 Å². The van der Waals surface area contributed by atoms with Crippen molar-refractivity contribution in [2.45, 2.75) is 6.92 Å². The van der Waals surface area contributed by atoms with Gasteiger partial charge in [0.1, 0.15) is 23.9 Å². The molecule has 0 unspecified atom stereocenters. The van der Waals surface area contributed by atoms with Crippen molar-refractivity contribution in [3.8, 4) is 17.2 Å². The number of nitrogens with two attached hydrogens (primary N) is 1. The summed E-state index contributed by atoms with van der Waals surface area (Å²) < 4.78 is 10.9. The Morgan fingerprint density at radius 2 is 1.74 bits per heavy atom. The minimum atomic E-state index is -0.599. The molecule has 0 radical (unpaired) electrons. The topological polar surface area (TPSA) is 98.9 Å². The Kier molecular flexibility index (Phi) is 5.32. The van der Waals surface area contributed by atoms with Crippen LogP contribution in [0.25, 0.3) is 0 Å². The maximum atomic E-state index is 11.7. The minimum absolute atomic E-state index is 0.0693. The second kappa shape index (κ2) is 7.42. The number of ketones is 1. The highest BCUT2D eigenvalue weighted by Gasteiger charge is 2.13. The number of rotatable bonds is 7. The summed E-state index contributed by atoms with van der Waals surface area (Å²) in [6.45, 7) is 1.55. The number of aliphatic hydroxyl groups excluding tert-OH is 1. The van der Waals surface area contributed by atoms with Crippen molar-refractivity contribution >= 4 is 11.7 Å². The summed E-state index contributed by atoms with van der Waals surface area (Å²) in [5.41, 5.74) is 5.87. The summed E-state index contributed by atoms with van der Waals surface area (Å²) in [6, 6.07) is 11.1. The quantitative estimate of drug-likeness (QED) is 0.763. The van der Waals surface area contributed by atoms with E-state index in [1.165, 1.54) is 25.1 Å². The van der Waals surface area contributed by atoms with E-state index in [4.69, 9.17) is 20.3 Å². The van der Waals surface area contributed by atoms with E-state index in [0.717, 1.165) is 0 Å². The van der Waals surface area contributed by atoms with Crippen LogP contribution in [0.5, 0.6) is 17.2 Å². The number of amides is 1. The van der Waals surface area contributed by atoms with Crippen LogP contribution in [0.4, 0.5) is 0 Å². The standard InChI is InChI=1S/C17H17NO5/c1-11(20)15-7-2-12(17(18)21)10-16(15)23-14-5-3-13(4-6-14)22-9-8-19/h2-7,10,19H,8-9H2,1H3,(H2,18,21). The van der Waals surface area contributed by atoms with Gasteiger partial charge in [0.15, 0.2) is 5.78 Å². The molecule has 0 spiro atoms. The van der Waals surface area contributed by atoms with Gasteiger partial charge >= 0.3 is 0 Å². The molecule has 1 amide bonds. The van der Waals surface area contributed by atoms with E-state index in [2.05, 4.69) is 0 Å². The highest BCUT2D eigenvalue weighted by atomic mass is 16.5. The van der Waals surface area contributed by atoms with Crippen LogP contribution in [-0.4, -0.2) is 30.0 Å². The Hall–Kier alpha value is -2.86. The lowest BCUT2D eigenvalue weighted by atomic mass is 10.1. The number of carbonyl (C=O) groups excluding carboxylic acids is 2. The number of Topliss-reactive ketones (excluding diaryl/α,β-unsaturated/α-hetero) is 1. The first-order valence-corrected chi connectivity index (χ1v) is 6.97. The van der Waals surface area contributed by atoms with E-state index >= 15 is 0 Å². The molecular weight excluding hydrogens is 298 g/mol. The molecule has 0 heterocycles. The Balaban J connectivity index is 2.25. The van der Waals surface area contributed by atoms with Crippen LogP contribution in [0.2, 0.25) is 0 Å². The van der Waals surface area contributed by atoms with E-state index in [1.807, 2.05) is 0 Å². The molecule has 0 bridgehead atoms. The van der Waals surface area contributed by atoms with Crippen molar-refractivity contribution in [2.24, 2.45) is 5.73 Å². The van der Waals surface area contributed by atoms with E-state index in [-0.39, 0.29) is 30.3 Å². The number of hydrogen-bond donors (Lipinski definition) is 2. The van der Waals surface area contributed by atoms with Gasteiger partial charge in [0.2, 0.25) is 5.91 Å². The van der Waals surface area contributed by atoms with Crippen LogP contribution in [0.15, 0.2) is 42.5 Å². The number of ether oxygens (including phenoxy) is 2. The molecule has 2 rings (SSSR count). The molecule has 120 valence electrons. The van der Waals surface area contributed by atoms with Gasteiger partial charge in [-0.25, -0.2) is 0 Å². The fourth-order valence-corrected chi connectivity index (χ4v) is 1.95. The van der Waals surface area contributed by atoms with Gasteiger partial charge in [-0.2, -0.15) is 0 Å². The molecule has 0 atom stereocenters. The second-order valence-electron chi connectivity index (χ2n) is 4.78. The summed E-state index contributed by atoms with van der Waals surface area (Å²) in [5, 5.41) is 8.71. The molecule has 0 aliphatic rings. The normalized spacial score (nSPS) is 10.2. The first kappa shape index (κ1) is 16.5. The highest BCUT2D eigenvalue weighted by Crippen LogP contribution is 2.28. The Labute approximate surface area is 133 Å². The maximum Gasteiger partial charge on any atom is 0.248 e. The first-order chi connectivity index (χ1) is 11.0. The zero-order chi connectivity index (χ0) is 16.8. The SMILES string of the molecule is CC(=O)c1ccc(C(N)=O)cc1Oc1ccc(OCCO)cc1. The molecule has 0 aromatic heterocycles. The van der Waals surface area contributed by atoms with Crippen LogP contribution in [0.3, 0.4) is 0 Å². The van der Waals surface area contributed by atoms with Gasteiger partial charge in [-0.05, 0) is 49.4 Å². The summed E-state index contributed by atoms with van der Waals surface area (Å²) in [7, 11) is 0. The van der Waals surface area contributed by atoms with Gasteiger partial charge in [0.25, 0.3) is 0 Å². The molecule has 23 heavy (non-hydrogen) atoms. The van der Waals surface area contributed by atoms with E-state index in [9.17, 15) is 9.59 Å². The maximum absolute atomic E-state index is 11.7. The fraction of sp³-hybridized carbons (Fsp3) is 0.176. The molecule has 6 heteroatoms. The lowest BCUT2D eigenvalue weighted by molar-refractivity contribution is 0.0991. The average Bonchev–Trinajstić information content (AvgIpc) is 2.54. The van der Waals surface area contributed by atoms with Crippen molar-refractivity contribution in [2.75, 3.05) is 13.2 Å². The summed E-state index contributed by atoms with van der Waals surface area (Å²) in [5.74, 6) is 0.545. The molecule has 2 aromatic carbocycles. The average molecular weight is 315 g/mol. The Morgan fingerprint density at radius 3 is 2.30 bits per heavy atom. The largest absolute Gasteiger partial charge is 0.491 e. The van der Waals surface area contributed by atoms with Gasteiger partial charge in [-0.3, -0.25) is 9.59 Å². The monoisotopic (exact) mass is 315 g/mol. The van der Waals surface area contributed by atoms with E-state index in [1.54, 1.807) is 24.3 Å². The summed E-state index contributed by atoms with van der Waals surface area (Å²) >= 11 is 0. The Morgan fingerprint density at radius 1 is 1.09 bits per heavy atom. The van der Waals surface area contributed by atoms with Crippen LogP contribution < -0.4 is 15.2 Å². The number of benzene rings is 2. The molecule has 2 aromatic rings. The third-order valence-electron chi connectivity index (χ3n) is 3.06. The van der Waals surface area contributed by atoms with Gasteiger partial charge < -0.3 is 20.3 Å². The lowest BCUT2D eigenvalue weighted by Crippen LogP contribution is -2.11. The van der Waals surface area contributed by atoms with E-state index in [0.29, 0.717) is 17.1 Å². The Bertz CT molecular complexity index is 709. The van der Waals surface area contributed by atoms with Gasteiger partial charge in [-0.15, -0.1) is 0 Å². The fourth-order valence-electron chi connectivity index (χ4n) is 1.95. The minimum Gasteiger partial charge on any atom is -0.491 e. The number of carbonyl (C=O) groups is 2. The molecule has 0 saturated carbocycles. The zero-order valence-electron chi connectivity index (χ0n) is 12.6. The second-order valence-corrected chi connectivity index (χ2v) is 4.78. The molecule has 6 nitrogen and oxygen atoms in total. The highest BCUT2D eigenvalue weighted by molar-refractivity contribution is 5.99. The van der Waals surface area contributed by atoms with Crippen molar-refractivity contribution < 1.29 is 24.2 Å². The lowest BCUT2D eigenvalue weighted by Gasteiger charge is -2.11. The first-order valence-electron chi connectivity index (χ1n) is 6.97. The van der Waals surface area contributed by atoms with Gasteiger partial charge in [-0.1, -0.05) is 0 Å². The molecule has 0 fully saturated rings. The number of hydrogen-bond acceptors (Lipinski definition) is 5. The molecular formula is C17H17NO5. The van der Waals surface area contributed by atoms with Crippen molar-refractivity contribution in [1.29, 1.82) is 0 Å². The number of primary amides is 1. The van der Waals surface area contributed by atoms with Crippen LogP contribution >= 0.6 is 0 Å². The zero-order valence-corrected chi connectivity index (χ0v) is 12.6. The van der Waals surface area contributed by atoms with Crippen LogP contribution in [-0.2, 0) is 0 Å². The third kappa shape index (κ3) is 4.31. The van der Waals surface area contributed by atoms with Crippen LogP contribution in [0, 0.1) is 0 Å². The molecule has 0 aliphatic heterocycles. The molecule has 3 N–H and O–H groups in total. The molecule has 0 aliphatic carbocycles. The van der Waals surface area contributed by atoms with Crippen molar-refractivity contribution in [3.05, 3.63) is 53.6 Å². The third-order valence-corrected chi connectivity index (χ3v) is 3.06. The predicted octanol–water partition coefficient (Wildman–Crippen LogP) is 2.15. The van der Waals surface area contributed by atoms with Crippen LogP contribution in [0.1, 0.15) is 27.6 Å². The van der Waals surface area contributed by atoms with Gasteiger partial charge in [0, 0.05) is 5.56 Å². The van der Waals surface area contributed by atoms with E-state index < -0.39 is 5.91 Å². The summed E-state index contributed by atoms with van der Waals surface area (Å²) in [6.07, 6.45) is 0. The summed E-state index contributed by atoms with van der Waals surface area (Å²) in [4.78, 5) is 22.9. The number of aliphatic hydroxyl groups is 1. The predicted molar refractivity (Wildman–Crippen MR) is 84.1 cm³/mol. The smallest absolute Gasteiger partial charge is 0.248 e. The van der Waals surface area contributed by atoms with Crippen molar-refractivity contribution in [3.63, 3.8) is 0 Å². The molecule has 0 saturated heterocycles. The van der Waals surface area contributed by atoms with Gasteiger partial charge in [0.05, 0.1) is 12.2 Å².